The van der Waals surface area contributed by atoms with Crippen molar-refractivity contribution in [2.75, 3.05) is 0 Å². The van der Waals surface area contributed by atoms with Crippen LogP contribution in [0.4, 0.5) is 4.39 Å². The SMILES string of the molecule is CC(C)(C)Oc1cc(F)c2[nH]ccc2c1. The summed E-state index contributed by atoms with van der Waals surface area (Å²) >= 11 is 0. The molecule has 0 aliphatic carbocycles. The Morgan fingerprint density at radius 1 is 1.27 bits per heavy atom. The fourth-order valence-corrected chi connectivity index (χ4v) is 1.51. The van der Waals surface area contributed by atoms with E-state index in [1.807, 2.05) is 32.9 Å². The predicted octanol–water partition coefficient (Wildman–Crippen LogP) is 3.48. The lowest BCUT2D eigenvalue weighted by Gasteiger charge is -2.21. The molecule has 0 spiro atoms. The fraction of sp³-hybridized carbons (Fsp3) is 0.333. The van der Waals surface area contributed by atoms with Gasteiger partial charge in [0.2, 0.25) is 0 Å². The number of benzene rings is 1. The van der Waals surface area contributed by atoms with Crippen LogP contribution in [0.2, 0.25) is 0 Å². The van der Waals surface area contributed by atoms with Crippen LogP contribution in [-0.2, 0) is 0 Å². The number of aromatic nitrogens is 1. The van der Waals surface area contributed by atoms with Gasteiger partial charge in [-0.25, -0.2) is 4.39 Å². The summed E-state index contributed by atoms with van der Waals surface area (Å²) in [4.78, 5) is 2.85. The lowest BCUT2D eigenvalue weighted by molar-refractivity contribution is 0.130. The fourth-order valence-electron chi connectivity index (χ4n) is 1.51. The highest BCUT2D eigenvalue weighted by Gasteiger charge is 2.13. The normalized spacial score (nSPS) is 12.0. The van der Waals surface area contributed by atoms with Crippen molar-refractivity contribution in [1.29, 1.82) is 0 Å². The number of rotatable bonds is 1. The molecule has 0 saturated carbocycles. The van der Waals surface area contributed by atoms with E-state index in [0.717, 1.165) is 5.39 Å². The number of hydrogen-bond donors (Lipinski definition) is 1. The molecule has 1 heterocycles. The van der Waals surface area contributed by atoms with Gasteiger partial charge in [0, 0.05) is 17.6 Å². The van der Waals surface area contributed by atoms with Gasteiger partial charge in [-0.2, -0.15) is 0 Å². The predicted molar refractivity (Wildman–Crippen MR) is 58.6 cm³/mol. The first-order valence-electron chi connectivity index (χ1n) is 4.91. The summed E-state index contributed by atoms with van der Waals surface area (Å²) in [6.07, 6.45) is 1.72. The molecule has 0 fully saturated rings. The number of hydrogen-bond acceptors (Lipinski definition) is 1. The summed E-state index contributed by atoms with van der Waals surface area (Å²) in [7, 11) is 0. The highest BCUT2D eigenvalue weighted by molar-refractivity contribution is 5.81. The van der Waals surface area contributed by atoms with E-state index in [4.69, 9.17) is 4.74 Å². The van der Waals surface area contributed by atoms with Gasteiger partial charge in [0.25, 0.3) is 0 Å². The lowest BCUT2D eigenvalue weighted by Crippen LogP contribution is -2.22. The molecular weight excluding hydrogens is 193 g/mol. The van der Waals surface area contributed by atoms with Crippen LogP contribution >= 0.6 is 0 Å². The summed E-state index contributed by atoms with van der Waals surface area (Å²) in [5, 5.41) is 0.828. The quantitative estimate of drug-likeness (QED) is 0.760. The van der Waals surface area contributed by atoms with Crippen molar-refractivity contribution >= 4 is 10.9 Å². The van der Waals surface area contributed by atoms with Crippen LogP contribution in [0.1, 0.15) is 20.8 Å². The minimum absolute atomic E-state index is 0.281. The van der Waals surface area contributed by atoms with Crippen LogP contribution < -0.4 is 4.74 Å². The molecule has 1 N–H and O–H groups in total. The summed E-state index contributed by atoms with van der Waals surface area (Å²) in [6.45, 7) is 5.81. The molecule has 0 bridgehead atoms. The molecule has 0 amide bonds. The monoisotopic (exact) mass is 207 g/mol. The zero-order chi connectivity index (χ0) is 11.1. The van der Waals surface area contributed by atoms with Crippen LogP contribution in [0.5, 0.6) is 5.75 Å². The molecule has 0 aliphatic heterocycles. The molecule has 2 nitrogen and oxygen atoms in total. The Kier molecular flexibility index (Phi) is 2.18. The Balaban J connectivity index is 2.45. The summed E-state index contributed by atoms with van der Waals surface area (Å²) in [5.74, 6) is 0.281. The summed E-state index contributed by atoms with van der Waals surface area (Å²) < 4.78 is 19.2. The van der Waals surface area contributed by atoms with E-state index in [9.17, 15) is 4.39 Å². The third-order valence-corrected chi connectivity index (χ3v) is 2.01. The molecule has 2 aromatic rings. The smallest absolute Gasteiger partial charge is 0.150 e. The first-order valence-corrected chi connectivity index (χ1v) is 4.91. The minimum Gasteiger partial charge on any atom is -0.488 e. The number of halogens is 1. The maximum Gasteiger partial charge on any atom is 0.150 e. The van der Waals surface area contributed by atoms with Crippen LogP contribution in [0.25, 0.3) is 10.9 Å². The number of fused-ring (bicyclic) bond motifs is 1. The van der Waals surface area contributed by atoms with Crippen molar-refractivity contribution in [2.24, 2.45) is 0 Å². The first kappa shape index (κ1) is 10.0. The van der Waals surface area contributed by atoms with Gasteiger partial charge >= 0.3 is 0 Å². The van der Waals surface area contributed by atoms with E-state index >= 15 is 0 Å². The van der Waals surface area contributed by atoms with E-state index in [0.29, 0.717) is 11.3 Å². The Bertz CT molecular complexity index is 482. The maximum absolute atomic E-state index is 13.5. The van der Waals surface area contributed by atoms with E-state index in [-0.39, 0.29) is 11.4 Å². The van der Waals surface area contributed by atoms with Gasteiger partial charge in [-0.1, -0.05) is 0 Å². The third kappa shape index (κ3) is 2.12. The average molecular weight is 207 g/mol. The highest BCUT2D eigenvalue weighted by atomic mass is 19.1. The molecule has 1 aromatic carbocycles. The molecular formula is C12H14FNO. The topological polar surface area (TPSA) is 25.0 Å². The zero-order valence-corrected chi connectivity index (χ0v) is 9.10. The Hall–Kier alpha value is -1.51. The minimum atomic E-state index is -0.309. The van der Waals surface area contributed by atoms with Crippen molar-refractivity contribution in [1.82, 2.24) is 4.98 Å². The Morgan fingerprint density at radius 2 is 2.00 bits per heavy atom. The van der Waals surface area contributed by atoms with E-state index in [2.05, 4.69) is 4.98 Å². The van der Waals surface area contributed by atoms with E-state index in [1.165, 1.54) is 6.07 Å². The second kappa shape index (κ2) is 3.26. The molecule has 0 saturated heterocycles. The number of aromatic amines is 1. The van der Waals surface area contributed by atoms with Crippen LogP contribution in [-0.4, -0.2) is 10.6 Å². The molecule has 0 radical (unpaired) electrons. The van der Waals surface area contributed by atoms with Gasteiger partial charge in [-0.05, 0) is 32.9 Å². The van der Waals surface area contributed by atoms with Crippen LogP contribution in [0.15, 0.2) is 24.4 Å². The summed E-state index contributed by atoms with van der Waals surface area (Å²) in [5.41, 5.74) is 0.215. The molecule has 2 rings (SSSR count). The van der Waals surface area contributed by atoms with Crippen molar-refractivity contribution in [2.45, 2.75) is 26.4 Å². The van der Waals surface area contributed by atoms with Crippen molar-refractivity contribution < 1.29 is 9.13 Å². The van der Waals surface area contributed by atoms with Crippen LogP contribution in [0.3, 0.4) is 0 Å². The number of H-pyrrole nitrogens is 1. The van der Waals surface area contributed by atoms with Gasteiger partial charge in [0.15, 0.2) is 5.82 Å². The molecule has 80 valence electrons. The molecule has 0 aliphatic rings. The maximum atomic E-state index is 13.5. The third-order valence-electron chi connectivity index (χ3n) is 2.01. The molecule has 15 heavy (non-hydrogen) atoms. The second-order valence-corrected chi connectivity index (χ2v) is 4.56. The number of ether oxygens (including phenoxy) is 1. The largest absolute Gasteiger partial charge is 0.488 e. The highest BCUT2D eigenvalue weighted by Crippen LogP contribution is 2.25. The zero-order valence-electron chi connectivity index (χ0n) is 9.10. The van der Waals surface area contributed by atoms with Crippen molar-refractivity contribution in [3.63, 3.8) is 0 Å². The van der Waals surface area contributed by atoms with E-state index < -0.39 is 0 Å². The van der Waals surface area contributed by atoms with Gasteiger partial charge in [-0.3, -0.25) is 0 Å². The second-order valence-electron chi connectivity index (χ2n) is 4.56. The van der Waals surface area contributed by atoms with Crippen molar-refractivity contribution in [3.8, 4) is 5.75 Å². The Morgan fingerprint density at radius 3 is 2.67 bits per heavy atom. The Labute approximate surface area is 88.1 Å². The van der Waals surface area contributed by atoms with Gasteiger partial charge in [-0.15, -0.1) is 0 Å². The number of nitrogens with one attached hydrogen (secondary N) is 1. The van der Waals surface area contributed by atoms with E-state index in [1.54, 1.807) is 6.20 Å². The summed E-state index contributed by atoms with van der Waals surface area (Å²) in [6, 6.07) is 5.07. The van der Waals surface area contributed by atoms with Crippen LogP contribution in [0, 0.1) is 5.82 Å². The van der Waals surface area contributed by atoms with Gasteiger partial charge in [0.1, 0.15) is 11.4 Å². The molecule has 3 heteroatoms. The molecule has 0 unspecified atom stereocenters. The standard InChI is InChI=1S/C12H14FNO/c1-12(2,3)15-9-6-8-4-5-14-11(8)10(13)7-9/h4-7,14H,1-3H3. The lowest BCUT2D eigenvalue weighted by atomic mass is 10.2. The van der Waals surface area contributed by atoms with Crippen molar-refractivity contribution in [3.05, 3.63) is 30.2 Å². The average Bonchev–Trinajstić information content (AvgIpc) is 2.48. The van der Waals surface area contributed by atoms with Gasteiger partial charge < -0.3 is 9.72 Å². The van der Waals surface area contributed by atoms with Gasteiger partial charge in [0.05, 0.1) is 5.52 Å². The molecule has 0 atom stereocenters. The first-order chi connectivity index (χ1) is 6.96. The molecule has 1 aromatic heterocycles.